The number of hydrogen-bond donors (Lipinski definition) is 10. The largest absolute Gasteiger partial charge is 0.490 e. The van der Waals surface area contributed by atoms with Crippen molar-refractivity contribution in [1.82, 2.24) is 25.5 Å². The van der Waals surface area contributed by atoms with Crippen LogP contribution in [-0.4, -0.2) is 173 Å². The molecule has 1 aromatic heterocycles. The van der Waals surface area contributed by atoms with Gasteiger partial charge in [-0.3, -0.25) is 24.1 Å². The number of ether oxygens (including phenoxy) is 6. The van der Waals surface area contributed by atoms with Crippen LogP contribution in [0.5, 0.6) is 0 Å². The number of benzene rings is 3. The second-order valence-electron chi connectivity index (χ2n) is 21.5. The summed E-state index contributed by atoms with van der Waals surface area (Å²) in [6.07, 6.45) is 1.61. The second-order valence-corrected chi connectivity index (χ2v) is 32.8. The van der Waals surface area contributed by atoms with Crippen LogP contribution in [0.2, 0.25) is 0 Å². The van der Waals surface area contributed by atoms with Crippen molar-refractivity contribution >= 4 is 127 Å². The summed E-state index contributed by atoms with van der Waals surface area (Å²) in [5, 5.41) is 15.8. The highest BCUT2D eigenvalue weighted by molar-refractivity contribution is 8.77. The van der Waals surface area contributed by atoms with E-state index < -0.39 is 90.9 Å². The highest BCUT2D eigenvalue weighted by Crippen LogP contribution is 2.66. The van der Waals surface area contributed by atoms with Crippen LogP contribution in [-0.2, 0) is 102 Å². The number of aryl methyl sites for hydroxylation is 1. The number of esters is 1. The van der Waals surface area contributed by atoms with E-state index in [1.165, 1.54) is 6.20 Å². The Morgan fingerprint density at radius 2 is 1.54 bits per heavy atom. The molecule has 35 nitrogen and oxygen atoms in total. The minimum absolute atomic E-state index is 0.0520. The summed E-state index contributed by atoms with van der Waals surface area (Å²) in [5.74, 6) is 6.46. The minimum atomic E-state index is -5.78. The number of nitrogen functional groups attached to an aromatic ring is 2. The molecule has 13 N–H and O–H groups in total. The molecule has 44 heteroatoms. The van der Waals surface area contributed by atoms with Crippen LogP contribution >= 0.6 is 45.1 Å². The number of hydrogen-bond acceptors (Lipinski definition) is 29. The Bertz CT molecular complexity index is 4120. The summed E-state index contributed by atoms with van der Waals surface area (Å²) in [6.45, 7) is 9.89. The number of fused-ring (bicyclic) bond motifs is 2. The average molecular weight is 1580 g/mol. The number of urea groups is 1. The number of phosphoric acid groups is 3. The normalized spacial score (nSPS) is 15.9. The van der Waals surface area contributed by atoms with Gasteiger partial charge in [-0.1, -0.05) is 55.9 Å². The highest BCUT2D eigenvalue weighted by Gasteiger charge is 2.44. The predicted molar refractivity (Wildman–Crippen MR) is 369 cm³/mol. The summed E-state index contributed by atoms with van der Waals surface area (Å²) in [4.78, 5) is 91.9. The number of nitrogens with one attached hydrogen (secondary N) is 3. The van der Waals surface area contributed by atoms with Crippen LogP contribution in [0.4, 0.5) is 16.3 Å². The predicted octanol–water partition coefficient (Wildman–Crippen LogP) is 3.09. The molecule has 2 aromatic carbocycles. The zero-order valence-electron chi connectivity index (χ0n) is 54.2. The fraction of sp³-hybridized carbons (Fsp3) is 0.500. The van der Waals surface area contributed by atoms with Gasteiger partial charge in [0.15, 0.2) is 5.36 Å². The Morgan fingerprint density at radius 1 is 0.840 bits per heavy atom. The molecule has 1 aliphatic carbocycles. The SMILES string of the molecule is CCS(=S)COC1C[C@H](n2cc(C#CCNC(=O)NCCCCCOCSSC(C)(C)CCOC(=O)CCCOCCOCCNC(=O)c3ccc(C)c(-c4c5ccc(=[NH2+])cc-5oc5cc(N)ccc45)c3)c(N)nc2=O)O[C@@H]1COP(=O)(O)OP(=O)(O)OP(=O)(O)O.O=S(=O)=O.O=S(=O)=O. The number of nitrogens with zero attached hydrogens (tertiary/aromatic N) is 2. The first kappa shape index (κ1) is 86.5. The molecule has 3 aliphatic rings. The molecule has 0 bridgehead atoms. The van der Waals surface area contributed by atoms with Crippen molar-refractivity contribution in [3.8, 4) is 34.3 Å². The lowest BCUT2D eigenvalue weighted by Gasteiger charge is -2.22. The van der Waals surface area contributed by atoms with E-state index in [2.05, 4.69) is 55.2 Å². The lowest BCUT2D eigenvalue weighted by atomic mass is 9.90. The van der Waals surface area contributed by atoms with E-state index in [0.717, 1.165) is 45.0 Å². The van der Waals surface area contributed by atoms with Gasteiger partial charge < -0.3 is 79.8 Å². The van der Waals surface area contributed by atoms with E-state index in [0.29, 0.717) is 105 Å². The molecule has 1 fully saturated rings. The van der Waals surface area contributed by atoms with Gasteiger partial charge in [0, 0.05) is 90.0 Å². The van der Waals surface area contributed by atoms with Crippen LogP contribution < -0.4 is 43.9 Å². The third-order valence-corrected chi connectivity index (χ3v) is 22.2. The zero-order valence-corrected chi connectivity index (χ0v) is 61.8. The van der Waals surface area contributed by atoms with Gasteiger partial charge in [0.25, 0.3) is 5.91 Å². The number of carbonyl (C=O) groups is 3. The van der Waals surface area contributed by atoms with Gasteiger partial charge in [0.2, 0.25) is 0 Å². The van der Waals surface area contributed by atoms with E-state index in [1.807, 2.05) is 50.2 Å². The standard InChI is InChI=1S/C56H77N8O21P3S4.2O3S/c1-5-92(89)36-80-47-32-49(83-48(47)34-81-87(72,73)85-88(74,75)84-86(69,70)71)64-33-39(52(59)63-55(64)68)11-9-21-62-54(67)61-20-7-6-8-23-78-35-90-91-56(3,4)19-25-79-50(65)12-10-24-76-27-28-77-26-22-60-53(66)38-14-13-37(2)44(29-38)51-42-17-15-40(57)30-45(42)82-46-31-41(58)16-18-43(46)51;2*1-4(2)3/h13-18,29-31,33,47-49,57H,5-8,10,12,19-28,32,34-36,58H2,1-4H3,(H,60,66)(H,72,73)(H,74,75)(H2,59,63,68)(H2,61,62,67)(H2,69,70,71);;/p+1/t47?,48-,49-,92?;;/m1../s1. The van der Waals surface area contributed by atoms with E-state index >= 15 is 0 Å². The van der Waals surface area contributed by atoms with Gasteiger partial charge in [0.05, 0.1) is 63.3 Å². The molecule has 0 saturated carbocycles. The summed E-state index contributed by atoms with van der Waals surface area (Å²) >= 11 is 5.33. The number of anilines is 2. The lowest BCUT2D eigenvalue weighted by Crippen LogP contribution is -2.44. The van der Waals surface area contributed by atoms with Crippen molar-refractivity contribution in [2.24, 2.45) is 0 Å². The number of nitrogens with two attached hydrogens (primary N) is 3. The lowest BCUT2D eigenvalue weighted by molar-refractivity contribution is -0.172. The van der Waals surface area contributed by atoms with Crippen molar-refractivity contribution < 1.29 is 124 Å². The maximum absolute atomic E-state index is 13.3. The molecule has 3 aromatic rings. The number of amides is 3. The van der Waals surface area contributed by atoms with Crippen molar-refractivity contribution in [3.63, 3.8) is 0 Å². The summed E-state index contributed by atoms with van der Waals surface area (Å²) in [5.41, 5.74) is 16.6. The summed E-state index contributed by atoms with van der Waals surface area (Å²) in [7, 11) is -20.5. The van der Waals surface area contributed by atoms with Gasteiger partial charge >= 0.3 is 62.4 Å². The van der Waals surface area contributed by atoms with Gasteiger partial charge in [-0.2, -0.15) is 13.6 Å². The number of aromatic nitrogens is 2. The van der Waals surface area contributed by atoms with Crippen molar-refractivity contribution in [2.45, 2.75) is 95.8 Å². The van der Waals surface area contributed by atoms with E-state index in [9.17, 15) is 42.7 Å². The molecule has 0 radical (unpaired) electrons. The Kier molecular flexibility index (Phi) is 37.4. The summed E-state index contributed by atoms with van der Waals surface area (Å²) < 4.78 is 140. The molecular formula is C56H78N8O27P3S6+. The first-order valence-corrected chi connectivity index (χ1v) is 41.2. The molecule has 4 unspecified atom stereocenters. The summed E-state index contributed by atoms with van der Waals surface area (Å²) in [6, 6.07) is 16.2. The van der Waals surface area contributed by atoms with E-state index in [-0.39, 0.29) is 59.9 Å². The molecule has 1 saturated heterocycles. The van der Waals surface area contributed by atoms with Gasteiger partial charge in [-0.15, -0.1) is 25.3 Å². The number of unbranched alkanes of at least 4 members (excludes halogenated alkanes) is 2. The third kappa shape index (κ3) is 33.5. The first-order chi connectivity index (χ1) is 47.1. The van der Waals surface area contributed by atoms with Crippen LogP contribution in [0.25, 0.3) is 33.4 Å². The molecule has 3 heterocycles. The second kappa shape index (κ2) is 43.3. The number of carbonyl (C=O) groups excluding carboxylic acids is 3. The number of rotatable bonds is 38. The van der Waals surface area contributed by atoms with Crippen LogP contribution in [0.15, 0.2) is 70.0 Å². The third-order valence-electron chi connectivity index (χ3n) is 13.3. The minimum Gasteiger partial charge on any atom is -0.466 e. The first-order valence-electron chi connectivity index (χ1n) is 29.8. The molecule has 6 atom stereocenters. The molecule has 6 rings (SSSR count). The van der Waals surface area contributed by atoms with E-state index in [4.69, 9.17) is 100 Å². The maximum Gasteiger partial charge on any atom is 0.490 e. The Morgan fingerprint density at radius 3 is 2.24 bits per heavy atom. The van der Waals surface area contributed by atoms with E-state index in [1.54, 1.807) is 39.8 Å². The van der Waals surface area contributed by atoms with Crippen LogP contribution in [0.1, 0.15) is 93.4 Å². The van der Waals surface area contributed by atoms with Gasteiger partial charge in [-0.05, 0) is 111 Å². The molecule has 554 valence electrons. The molecule has 100 heavy (non-hydrogen) atoms. The molecular weight excluding hydrogens is 1500 g/mol. The Balaban J connectivity index is 0.00000251. The molecule has 3 amide bonds. The van der Waals surface area contributed by atoms with Crippen molar-refractivity contribution in [3.05, 3.63) is 93.3 Å². The van der Waals surface area contributed by atoms with Gasteiger partial charge in [-0.25, -0.2) is 23.3 Å². The van der Waals surface area contributed by atoms with Gasteiger partial charge in [0.1, 0.15) is 35.4 Å². The molecule has 2 aliphatic heterocycles. The maximum atomic E-state index is 13.3. The Labute approximate surface area is 592 Å². The van der Waals surface area contributed by atoms with Crippen LogP contribution in [0, 0.1) is 18.8 Å². The number of phosphoric ester groups is 1. The zero-order chi connectivity index (χ0) is 74.2. The monoisotopic (exact) mass is 1580 g/mol. The highest BCUT2D eigenvalue weighted by atomic mass is 33.1. The van der Waals surface area contributed by atoms with Crippen molar-refractivity contribution in [2.75, 3.05) is 95.0 Å². The topological polar surface area (TPSA) is 531 Å². The quantitative estimate of drug-likeness (QED) is 0.00397. The average Bonchev–Trinajstić information content (AvgIpc) is 0.837. The van der Waals surface area contributed by atoms with Crippen LogP contribution in [0.3, 0.4) is 0 Å². The fourth-order valence-corrected chi connectivity index (χ4v) is 14.7. The van der Waals surface area contributed by atoms with Crippen molar-refractivity contribution in [1.29, 1.82) is 0 Å². The Hall–Kier alpha value is -5.90. The smallest absolute Gasteiger partial charge is 0.466 e. The fourth-order valence-electron chi connectivity index (χ4n) is 8.76. The molecule has 0 spiro atoms.